The Morgan fingerprint density at radius 1 is 1.25 bits per heavy atom. The first-order valence-electron chi connectivity index (χ1n) is 7.09. The van der Waals surface area contributed by atoms with Gasteiger partial charge in [0.15, 0.2) is 5.54 Å². The van der Waals surface area contributed by atoms with Crippen molar-refractivity contribution >= 4 is 18.0 Å². The number of amides is 4. The van der Waals surface area contributed by atoms with Crippen molar-refractivity contribution in [2.45, 2.75) is 50.2 Å². The van der Waals surface area contributed by atoms with E-state index in [0.29, 0.717) is 4.90 Å². The average Bonchev–Trinajstić information content (AvgIpc) is 2.65. The molecule has 7 nitrogen and oxygen atoms in total. The van der Waals surface area contributed by atoms with Crippen LogP contribution in [-0.2, 0) is 9.53 Å². The van der Waals surface area contributed by atoms with Gasteiger partial charge in [0.1, 0.15) is 5.60 Å². The average molecular weight is 355 g/mol. The number of hydrogen-bond acceptors (Lipinski definition) is 4. The molecule has 2 unspecified atom stereocenters. The zero-order valence-electron chi connectivity index (χ0n) is 13.2. The van der Waals surface area contributed by atoms with Gasteiger partial charge in [0.25, 0.3) is 11.6 Å². The molecule has 2 saturated heterocycles. The Labute approximate surface area is 134 Å². The SMILES string of the molecule is CC(C)(C)OC(=O)N1CCC2(NC(=O)NC2=O)C(F)(C(F)(F)F)C1. The topological polar surface area (TPSA) is 87.7 Å². The Morgan fingerprint density at radius 3 is 2.25 bits per heavy atom. The molecule has 2 rings (SSSR count). The molecule has 0 radical (unpaired) electrons. The molecule has 136 valence electrons. The monoisotopic (exact) mass is 355 g/mol. The van der Waals surface area contributed by atoms with Crippen LogP contribution in [0.4, 0.5) is 27.2 Å². The van der Waals surface area contributed by atoms with Crippen LogP contribution in [0.25, 0.3) is 0 Å². The number of ether oxygens (including phenoxy) is 1. The summed E-state index contributed by atoms with van der Waals surface area (Å²) in [5.41, 5.74) is -7.94. The highest BCUT2D eigenvalue weighted by Gasteiger charge is 2.76. The highest BCUT2D eigenvalue weighted by molar-refractivity contribution is 6.08. The van der Waals surface area contributed by atoms with Gasteiger partial charge >= 0.3 is 18.3 Å². The summed E-state index contributed by atoms with van der Waals surface area (Å²) in [5.74, 6) is -1.41. The van der Waals surface area contributed by atoms with Crippen molar-refractivity contribution in [1.29, 1.82) is 0 Å². The van der Waals surface area contributed by atoms with Crippen molar-refractivity contribution in [3.05, 3.63) is 0 Å². The van der Waals surface area contributed by atoms with Crippen LogP contribution in [0.1, 0.15) is 27.2 Å². The molecular weight excluding hydrogens is 338 g/mol. The van der Waals surface area contributed by atoms with Gasteiger partial charge in [0, 0.05) is 13.0 Å². The van der Waals surface area contributed by atoms with E-state index < -0.39 is 54.0 Å². The molecule has 2 aliphatic rings. The number of rotatable bonds is 0. The summed E-state index contributed by atoms with van der Waals surface area (Å²) in [6, 6.07) is -1.21. The van der Waals surface area contributed by atoms with Gasteiger partial charge in [-0.05, 0) is 20.8 Å². The molecule has 2 atom stereocenters. The number of nitrogens with one attached hydrogen (secondary N) is 2. The molecule has 2 heterocycles. The molecule has 0 saturated carbocycles. The van der Waals surface area contributed by atoms with Crippen molar-refractivity contribution in [1.82, 2.24) is 15.5 Å². The van der Waals surface area contributed by atoms with E-state index in [9.17, 15) is 27.6 Å². The lowest BCUT2D eigenvalue weighted by Crippen LogP contribution is -2.75. The Kier molecular flexibility index (Phi) is 3.97. The lowest BCUT2D eigenvalue weighted by molar-refractivity contribution is -0.263. The maximum absolute atomic E-state index is 15.1. The molecule has 0 aromatic heterocycles. The highest BCUT2D eigenvalue weighted by atomic mass is 19.4. The van der Waals surface area contributed by atoms with Crippen LogP contribution in [0.2, 0.25) is 0 Å². The Balaban J connectivity index is 2.36. The summed E-state index contributed by atoms with van der Waals surface area (Å²) in [6.07, 6.45) is -7.36. The summed E-state index contributed by atoms with van der Waals surface area (Å²) in [6.45, 7) is 2.68. The van der Waals surface area contributed by atoms with E-state index in [2.05, 4.69) is 0 Å². The van der Waals surface area contributed by atoms with Gasteiger partial charge in [0.2, 0.25) is 0 Å². The second-order valence-electron chi connectivity index (χ2n) is 6.76. The molecule has 2 fully saturated rings. The number of urea groups is 1. The molecule has 2 N–H and O–H groups in total. The Morgan fingerprint density at radius 2 is 1.83 bits per heavy atom. The zero-order chi connectivity index (χ0) is 18.6. The molecule has 0 aromatic rings. The van der Waals surface area contributed by atoms with Crippen LogP contribution in [-0.4, -0.2) is 59.0 Å². The van der Waals surface area contributed by atoms with Gasteiger partial charge in [-0.15, -0.1) is 0 Å². The largest absolute Gasteiger partial charge is 0.444 e. The van der Waals surface area contributed by atoms with Crippen LogP contribution in [0.15, 0.2) is 0 Å². The van der Waals surface area contributed by atoms with E-state index in [0.717, 1.165) is 0 Å². The van der Waals surface area contributed by atoms with Gasteiger partial charge in [-0.3, -0.25) is 10.1 Å². The molecule has 0 aliphatic carbocycles. The number of halogens is 4. The number of carbonyl (C=O) groups excluding carboxylic acids is 3. The van der Waals surface area contributed by atoms with Gasteiger partial charge in [-0.2, -0.15) is 13.2 Å². The molecule has 11 heteroatoms. The number of alkyl halides is 4. The van der Waals surface area contributed by atoms with Gasteiger partial charge < -0.3 is 15.0 Å². The van der Waals surface area contributed by atoms with Crippen molar-refractivity contribution in [3.63, 3.8) is 0 Å². The summed E-state index contributed by atoms with van der Waals surface area (Å²) < 4.78 is 60.2. The van der Waals surface area contributed by atoms with Crippen molar-refractivity contribution < 1.29 is 36.7 Å². The van der Waals surface area contributed by atoms with E-state index in [1.165, 1.54) is 20.8 Å². The van der Waals surface area contributed by atoms with E-state index in [1.807, 2.05) is 0 Å². The van der Waals surface area contributed by atoms with Gasteiger partial charge in [0.05, 0.1) is 6.54 Å². The highest BCUT2D eigenvalue weighted by Crippen LogP contribution is 2.48. The minimum absolute atomic E-state index is 0.385. The Bertz CT molecular complexity index is 589. The number of likely N-dealkylation sites (tertiary alicyclic amines) is 1. The third-order valence-electron chi connectivity index (χ3n) is 3.88. The number of nitrogens with zero attached hydrogens (tertiary/aromatic N) is 1. The summed E-state index contributed by atoms with van der Waals surface area (Å²) in [5, 5.41) is 3.37. The number of hydrogen-bond donors (Lipinski definition) is 2. The molecule has 0 bridgehead atoms. The fourth-order valence-corrected chi connectivity index (χ4v) is 2.74. The first kappa shape index (κ1) is 18.3. The van der Waals surface area contributed by atoms with Crippen molar-refractivity contribution in [3.8, 4) is 0 Å². The smallest absolute Gasteiger partial charge is 0.427 e. The van der Waals surface area contributed by atoms with E-state index in [-0.39, 0.29) is 6.54 Å². The second-order valence-corrected chi connectivity index (χ2v) is 6.76. The minimum atomic E-state index is -5.50. The fourth-order valence-electron chi connectivity index (χ4n) is 2.74. The summed E-state index contributed by atoms with van der Waals surface area (Å²) >= 11 is 0. The molecular formula is C13H17F4N3O4. The van der Waals surface area contributed by atoms with Crippen LogP contribution in [0.5, 0.6) is 0 Å². The molecule has 0 aromatic carbocycles. The van der Waals surface area contributed by atoms with E-state index in [4.69, 9.17) is 4.74 Å². The minimum Gasteiger partial charge on any atom is -0.444 e. The fraction of sp³-hybridized carbons (Fsp3) is 0.769. The van der Waals surface area contributed by atoms with Crippen LogP contribution < -0.4 is 10.6 Å². The Hall–Kier alpha value is -2.07. The number of piperidine rings is 1. The lowest BCUT2D eigenvalue weighted by Gasteiger charge is -2.47. The first-order valence-corrected chi connectivity index (χ1v) is 7.09. The third-order valence-corrected chi connectivity index (χ3v) is 3.88. The quantitative estimate of drug-likeness (QED) is 0.509. The molecule has 2 aliphatic heterocycles. The van der Waals surface area contributed by atoms with Crippen molar-refractivity contribution in [2.24, 2.45) is 0 Å². The van der Waals surface area contributed by atoms with Crippen LogP contribution >= 0.6 is 0 Å². The van der Waals surface area contributed by atoms with Crippen LogP contribution in [0, 0.1) is 0 Å². The molecule has 1 spiro atoms. The van der Waals surface area contributed by atoms with Crippen LogP contribution in [0.3, 0.4) is 0 Å². The second kappa shape index (κ2) is 5.21. The van der Waals surface area contributed by atoms with Gasteiger partial charge in [-0.25, -0.2) is 14.0 Å². The van der Waals surface area contributed by atoms with E-state index in [1.54, 1.807) is 10.6 Å². The third kappa shape index (κ3) is 2.75. The molecule has 24 heavy (non-hydrogen) atoms. The first-order chi connectivity index (χ1) is 10.7. The number of imide groups is 1. The summed E-state index contributed by atoms with van der Waals surface area (Å²) in [4.78, 5) is 35.6. The summed E-state index contributed by atoms with van der Waals surface area (Å²) in [7, 11) is 0. The van der Waals surface area contributed by atoms with E-state index >= 15 is 4.39 Å². The number of carbonyl (C=O) groups is 3. The maximum Gasteiger partial charge on any atom is 0.427 e. The maximum atomic E-state index is 15.1. The standard InChI is InChI=1S/C13H17F4N3O4/c1-10(2,3)24-9(23)20-5-4-11(7(21)18-8(22)19-11)12(14,6-20)13(15,16)17/h4-6H2,1-3H3,(H2,18,19,21,22). The lowest BCUT2D eigenvalue weighted by atomic mass is 9.74. The predicted octanol–water partition coefficient (Wildman–Crippen LogP) is 1.48. The zero-order valence-corrected chi connectivity index (χ0v) is 13.2. The molecule has 4 amide bonds. The predicted molar refractivity (Wildman–Crippen MR) is 71.7 cm³/mol. The van der Waals surface area contributed by atoms with Gasteiger partial charge in [-0.1, -0.05) is 0 Å². The van der Waals surface area contributed by atoms with Crippen molar-refractivity contribution in [2.75, 3.05) is 13.1 Å². The normalized spacial score (nSPS) is 31.0.